The van der Waals surface area contributed by atoms with Gasteiger partial charge in [-0.1, -0.05) is 29.3 Å². The maximum absolute atomic E-state index is 5.94. The molecule has 0 aliphatic carbocycles. The second kappa shape index (κ2) is 6.59. The smallest absolute Gasteiger partial charge is 0.0931 e. The number of hydrogen-bond acceptors (Lipinski definition) is 4. The molecule has 3 N–H and O–H groups in total. The van der Waals surface area contributed by atoms with Crippen molar-refractivity contribution in [2.24, 2.45) is 5.84 Å². The summed E-state index contributed by atoms with van der Waals surface area (Å²) < 4.78 is 0.797. The molecule has 1 aromatic heterocycles. The van der Waals surface area contributed by atoms with Crippen molar-refractivity contribution in [1.29, 1.82) is 0 Å². The molecule has 0 spiro atoms. The highest BCUT2D eigenvalue weighted by Gasteiger charge is 2.12. The number of hydrazine groups is 1. The zero-order valence-corrected chi connectivity index (χ0v) is 12.4. The second-order valence-corrected chi connectivity index (χ2v) is 6.83. The van der Waals surface area contributed by atoms with Gasteiger partial charge < -0.3 is 0 Å². The van der Waals surface area contributed by atoms with E-state index in [1.165, 1.54) is 15.3 Å². The average molecular weight is 299 g/mol. The fraction of sp³-hybridized carbons (Fsp3) is 0.231. The Hall–Kier alpha value is -0.520. The molecule has 5 heteroatoms. The number of halogens is 1. The molecule has 1 heterocycles. The van der Waals surface area contributed by atoms with Crippen LogP contribution in [0.25, 0.3) is 0 Å². The van der Waals surface area contributed by atoms with E-state index in [1.807, 2.05) is 12.1 Å². The number of thiophene rings is 1. The van der Waals surface area contributed by atoms with Crippen molar-refractivity contribution >= 4 is 34.7 Å². The Morgan fingerprint density at radius 3 is 2.83 bits per heavy atom. The van der Waals surface area contributed by atoms with Crippen LogP contribution in [0.15, 0.2) is 41.3 Å². The zero-order chi connectivity index (χ0) is 13.0. The molecule has 0 aliphatic rings. The van der Waals surface area contributed by atoms with Crippen LogP contribution < -0.4 is 11.3 Å². The molecular formula is C13H15ClN2S2. The van der Waals surface area contributed by atoms with Crippen molar-refractivity contribution < 1.29 is 0 Å². The highest BCUT2D eigenvalue weighted by Crippen LogP contribution is 2.30. The van der Waals surface area contributed by atoms with E-state index in [-0.39, 0.29) is 6.04 Å². The molecule has 1 unspecified atom stereocenters. The van der Waals surface area contributed by atoms with Gasteiger partial charge in [0.25, 0.3) is 0 Å². The van der Waals surface area contributed by atoms with Gasteiger partial charge in [0, 0.05) is 15.5 Å². The SMILES string of the molecule is Cc1cccc(SCC(NN)c2ccc(Cl)s2)c1. The normalized spacial score (nSPS) is 12.6. The zero-order valence-electron chi connectivity index (χ0n) is 10.0. The molecule has 96 valence electrons. The van der Waals surface area contributed by atoms with Gasteiger partial charge in [0.2, 0.25) is 0 Å². The Morgan fingerprint density at radius 1 is 1.39 bits per heavy atom. The van der Waals surface area contributed by atoms with E-state index in [1.54, 1.807) is 23.1 Å². The van der Waals surface area contributed by atoms with Crippen molar-refractivity contribution in [2.45, 2.75) is 17.9 Å². The summed E-state index contributed by atoms with van der Waals surface area (Å²) in [5, 5.41) is 0. The monoisotopic (exact) mass is 298 g/mol. The lowest BCUT2D eigenvalue weighted by Gasteiger charge is -2.13. The van der Waals surface area contributed by atoms with Gasteiger partial charge >= 0.3 is 0 Å². The Morgan fingerprint density at radius 2 is 2.22 bits per heavy atom. The molecule has 0 amide bonds. The lowest BCUT2D eigenvalue weighted by Crippen LogP contribution is -2.29. The predicted molar refractivity (Wildman–Crippen MR) is 81.3 cm³/mol. The first-order chi connectivity index (χ1) is 8.69. The first-order valence-electron chi connectivity index (χ1n) is 5.60. The van der Waals surface area contributed by atoms with E-state index in [2.05, 4.69) is 36.6 Å². The molecule has 1 aromatic carbocycles. The largest absolute Gasteiger partial charge is 0.271 e. The molecule has 2 rings (SSSR count). The number of thioether (sulfide) groups is 1. The summed E-state index contributed by atoms with van der Waals surface area (Å²) in [5.41, 5.74) is 4.12. The molecule has 0 bridgehead atoms. The molecule has 0 saturated heterocycles. The van der Waals surface area contributed by atoms with Crippen molar-refractivity contribution in [2.75, 3.05) is 5.75 Å². The summed E-state index contributed by atoms with van der Waals surface area (Å²) in [5.74, 6) is 6.49. The fourth-order valence-corrected chi connectivity index (χ4v) is 3.92. The van der Waals surface area contributed by atoms with E-state index in [0.717, 1.165) is 10.1 Å². The van der Waals surface area contributed by atoms with Gasteiger partial charge in [-0.2, -0.15) is 0 Å². The van der Waals surface area contributed by atoms with Crippen LogP contribution in [-0.4, -0.2) is 5.75 Å². The number of aryl methyl sites for hydroxylation is 1. The number of nitrogens with one attached hydrogen (secondary N) is 1. The van der Waals surface area contributed by atoms with Crippen molar-refractivity contribution in [3.05, 3.63) is 51.2 Å². The van der Waals surface area contributed by atoms with E-state index in [0.29, 0.717) is 0 Å². The summed E-state index contributed by atoms with van der Waals surface area (Å²) in [4.78, 5) is 2.43. The molecule has 1 atom stereocenters. The van der Waals surface area contributed by atoms with Gasteiger partial charge in [0.05, 0.1) is 10.4 Å². The minimum atomic E-state index is 0.132. The van der Waals surface area contributed by atoms with Crippen LogP contribution >= 0.6 is 34.7 Å². The van der Waals surface area contributed by atoms with E-state index >= 15 is 0 Å². The van der Waals surface area contributed by atoms with Crippen LogP contribution in [0.1, 0.15) is 16.5 Å². The Kier molecular flexibility index (Phi) is 5.09. The number of hydrogen-bond donors (Lipinski definition) is 2. The highest BCUT2D eigenvalue weighted by molar-refractivity contribution is 7.99. The van der Waals surface area contributed by atoms with Crippen molar-refractivity contribution in [3.63, 3.8) is 0 Å². The summed E-state index contributed by atoms with van der Waals surface area (Å²) >= 11 is 9.30. The lowest BCUT2D eigenvalue weighted by atomic mass is 10.2. The van der Waals surface area contributed by atoms with Gasteiger partial charge in [0.1, 0.15) is 0 Å². The van der Waals surface area contributed by atoms with Crippen LogP contribution in [0.2, 0.25) is 4.34 Å². The van der Waals surface area contributed by atoms with Gasteiger partial charge in [-0.3, -0.25) is 11.3 Å². The minimum absolute atomic E-state index is 0.132. The lowest BCUT2D eigenvalue weighted by molar-refractivity contribution is 0.620. The second-order valence-electron chi connectivity index (χ2n) is 3.99. The third kappa shape index (κ3) is 3.73. The Labute approximate surface area is 121 Å². The van der Waals surface area contributed by atoms with Gasteiger partial charge in [-0.05, 0) is 31.2 Å². The molecule has 0 fully saturated rings. The molecular weight excluding hydrogens is 284 g/mol. The maximum Gasteiger partial charge on any atom is 0.0931 e. The Bertz CT molecular complexity index is 513. The van der Waals surface area contributed by atoms with Crippen LogP contribution in [-0.2, 0) is 0 Å². The van der Waals surface area contributed by atoms with Gasteiger partial charge in [-0.25, -0.2) is 0 Å². The maximum atomic E-state index is 5.94. The first kappa shape index (κ1) is 13.9. The third-order valence-corrected chi connectivity index (χ3v) is 4.98. The summed E-state index contributed by atoms with van der Waals surface area (Å²) in [6.45, 7) is 2.10. The highest BCUT2D eigenvalue weighted by atomic mass is 35.5. The third-order valence-electron chi connectivity index (χ3n) is 2.54. The number of rotatable bonds is 5. The number of benzene rings is 1. The molecule has 0 radical (unpaired) electrons. The van der Waals surface area contributed by atoms with E-state index in [9.17, 15) is 0 Å². The van der Waals surface area contributed by atoms with Crippen LogP contribution in [0.4, 0.5) is 0 Å². The van der Waals surface area contributed by atoms with Gasteiger partial charge in [0.15, 0.2) is 0 Å². The quantitative estimate of drug-likeness (QED) is 0.498. The Balaban J connectivity index is 1.99. The summed E-state index contributed by atoms with van der Waals surface area (Å²) in [7, 11) is 0. The summed E-state index contributed by atoms with van der Waals surface area (Å²) in [6, 6.07) is 12.5. The fourth-order valence-electron chi connectivity index (χ4n) is 1.61. The van der Waals surface area contributed by atoms with E-state index in [4.69, 9.17) is 17.4 Å². The number of nitrogens with two attached hydrogens (primary N) is 1. The molecule has 0 saturated carbocycles. The summed E-state index contributed by atoms with van der Waals surface area (Å²) in [6.07, 6.45) is 0. The van der Waals surface area contributed by atoms with Crippen molar-refractivity contribution in [1.82, 2.24) is 5.43 Å². The predicted octanol–water partition coefficient (Wildman–Crippen LogP) is 4.01. The van der Waals surface area contributed by atoms with Crippen LogP contribution in [0.3, 0.4) is 0 Å². The van der Waals surface area contributed by atoms with Gasteiger partial charge in [-0.15, -0.1) is 23.1 Å². The molecule has 2 nitrogen and oxygen atoms in total. The minimum Gasteiger partial charge on any atom is -0.271 e. The van der Waals surface area contributed by atoms with E-state index < -0.39 is 0 Å². The standard InChI is InChI=1S/C13H15ClN2S2/c1-9-3-2-4-10(7-9)17-8-11(16-15)12-5-6-13(14)18-12/h2-7,11,16H,8,15H2,1H3. The van der Waals surface area contributed by atoms with Crippen LogP contribution in [0, 0.1) is 6.92 Å². The average Bonchev–Trinajstić information content (AvgIpc) is 2.77. The first-order valence-corrected chi connectivity index (χ1v) is 7.78. The topological polar surface area (TPSA) is 38.0 Å². The molecule has 18 heavy (non-hydrogen) atoms. The molecule has 2 aromatic rings. The molecule has 0 aliphatic heterocycles. The van der Waals surface area contributed by atoms with Crippen molar-refractivity contribution in [3.8, 4) is 0 Å². The van der Waals surface area contributed by atoms with Crippen LogP contribution in [0.5, 0.6) is 0 Å².